The normalized spacial score (nSPS) is 13.3. The number of pyridine rings is 1. The van der Waals surface area contributed by atoms with Crippen molar-refractivity contribution in [1.82, 2.24) is 4.98 Å². The zero-order valence-electron chi connectivity index (χ0n) is 28.6. The van der Waals surface area contributed by atoms with Gasteiger partial charge in [-0.1, -0.05) is 188 Å². The van der Waals surface area contributed by atoms with Crippen molar-refractivity contribution in [2.24, 2.45) is 9.98 Å². The molecule has 0 saturated heterocycles. The van der Waals surface area contributed by atoms with Crippen LogP contribution in [0.4, 0.5) is 0 Å². The molecule has 0 radical (unpaired) electrons. The third-order valence-electron chi connectivity index (χ3n) is 9.38. The highest BCUT2D eigenvalue weighted by Crippen LogP contribution is 2.44. The predicted octanol–water partition coefficient (Wildman–Crippen LogP) is 9.27. The summed E-state index contributed by atoms with van der Waals surface area (Å²) in [5, 5.41) is 25.5. The molecular formula is C47H39N3O2. The quantitative estimate of drug-likeness (QED) is 0.127. The highest BCUT2D eigenvalue weighted by Gasteiger charge is 2.42. The molecule has 0 aliphatic carbocycles. The van der Waals surface area contributed by atoms with Crippen molar-refractivity contribution in [3.63, 3.8) is 0 Å². The number of aliphatic imine (C=N–C) groups is 2. The van der Waals surface area contributed by atoms with Crippen LogP contribution < -0.4 is 0 Å². The third kappa shape index (κ3) is 7.14. The van der Waals surface area contributed by atoms with Crippen molar-refractivity contribution in [2.45, 2.75) is 23.3 Å². The number of aromatic nitrogens is 1. The Labute approximate surface area is 305 Å². The summed E-state index contributed by atoms with van der Waals surface area (Å²) in [5.74, 6) is 0. The minimum Gasteiger partial charge on any atom is -0.378 e. The lowest BCUT2D eigenvalue weighted by Gasteiger charge is -2.35. The first-order valence-electron chi connectivity index (χ1n) is 17.4. The lowest BCUT2D eigenvalue weighted by molar-refractivity contribution is 0.0521. The van der Waals surface area contributed by atoms with Gasteiger partial charge in [-0.05, 0) is 45.5 Å². The SMILES string of the molecule is OC(c1ccccc1)(c1ccccc1)[C@@H](N=Cc1cccc(C=N[C@@H](c2ccccc2)C(O)(c2ccccc2)c2ccccc2)n1)c1ccccc1. The van der Waals surface area contributed by atoms with E-state index in [9.17, 15) is 10.2 Å². The van der Waals surface area contributed by atoms with Crippen molar-refractivity contribution in [1.29, 1.82) is 0 Å². The topological polar surface area (TPSA) is 78.1 Å². The van der Waals surface area contributed by atoms with Crippen molar-refractivity contribution in [3.05, 3.63) is 245 Å². The number of aliphatic hydroxyl groups is 2. The Bertz CT molecular complexity index is 1970. The number of benzene rings is 6. The molecule has 0 aliphatic rings. The van der Waals surface area contributed by atoms with Crippen molar-refractivity contribution in [2.75, 3.05) is 0 Å². The van der Waals surface area contributed by atoms with Gasteiger partial charge in [0.05, 0.1) is 11.4 Å². The van der Waals surface area contributed by atoms with Gasteiger partial charge in [-0.25, -0.2) is 4.98 Å². The maximum Gasteiger partial charge on any atom is 0.141 e. The van der Waals surface area contributed by atoms with Crippen LogP contribution in [0.25, 0.3) is 0 Å². The van der Waals surface area contributed by atoms with Gasteiger partial charge in [0.25, 0.3) is 0 Å². The van der Waals surface area contributed by atoms with Gasteiger partial charge in [0.2, 0.25) is 0 Å². The van der Waals surface area contributed by atoms with Crippen LogP contribution in [0.3, 0.4) is 0 Å². The van der Waals surface area contributed by atoms with Gasteiger partial charge in [0.1, 0.15) is 23.3 Å². The Morgan fingerprint density at radius 2 is 0.635 bits per heavy atom. The van der Waals surface area contributed by atoms with Crippen LogP contribution in [0, 0.1) is 0 Å². The summed E-state index contributed by atoms with van der Waals surface area (Å²) in [4.78, 5) is 15.0. The van der Waals surface area contributed by atoms with Crippen LogP contribution in [0.2, 0.25) is 0 Å². The molecule has 0 spiro atoms. The predicted molar refractivity (Wildman–Crippen MR) is 210 cm³/mol. The Hall–Kier alpha value is -6.27. The second-order valence-corrected chi connectivity index (χ2v) is 12.7. The molecule has 5 heteroatoms. The molecule has 0 amide bonds. The van der Waals surface area contributed by atoms with E-state index in [2.05, 4.69) is 0 Å². The summed E-state index contributed by atoms with van der Waals surface area (Å²) in [6, 6.07) is 62.6. The van der Waals surface area contributed by atoms with Gasteiger partial charge in [0.15, 0.2) is 0 Å². The second-order valence-electron chi connectivity index (χ2n) is 12.7. The number of hydrogen-bond acceptors (Lipinski definition) is 5. The molecular weight excluding hydrogens is 639 g/mol. The van der Waals surface area contributed by atoms with E-state index in [1.165, 1.54) is 0 Å². The van der Waals surface area contributed by atoms with Gasteiger partial charge < -0.3 is 10.2 Å². The Morgan fingerprint density at radius 1 is 0.365 bits per heavy atom. The molecule has 0 fully saturated rings. The fourth-order valence-electron chi connectivity index (χ4n) is 6.79. The molecule has 2 atom stereocenters. The van der Waals surface area contributed by atoms with Crippen LogP contribution in [0.15, 0.2) is 210 Å². The molecule has 2 N–H and O–H groups in total. The first-order chi connectivity index (χ1) is 25.6. The Kier molecular flexibility index (Phi) is 10.3. The molecule has 1 heterocycles. The first-order valence-corrected chi connectivity index (χ1v) is 17.4. The van der Waals surface area contributed by atoms with E-state index in [4.69, 9.17) is 15.0 Å². The van der Waals surface area contributed by atoms with Gasteiger partial charge in [0, 0.05) is 12.4 Å². The van der Waals surface area contributed by atoms with E-state index in [0.717, 1.165) is 33.4 Å². The summed E-state index contributed by atoms with van der Waals surface area (Å²) >= 11 is 0. The maximum absolute atomic E-state index is 12.7. The molecule has 0 saturated carbocycles. The first kappa shape index (κ1) is 34.2. The molecule has 0 unspecified atom stereocenters. The standard InChI is InChI=1S/C47H39N3O2/c51-46(38-24-11-3-12-25-38,39-26-13-4-14-27-39)44(36-20-7-1-8-21-36)48-34-42-32-19-33-43(50-42)35-49-45(37-22-9-2-10-23-37)47(52,40-28-15-5-16-29-40)41-30-17-6-18-31-41/h1-35,44-45,51-52H/t44-,45-/m0/s1. The smallest absolute Gasteiger partial charge is 0.141 e. The molecule has 52 heavy (non-hydrogen) atoms. The lowest BCUT2D eigenvalue weighted by atomic mass is 9.77. The van der Waals surface area contributed by atoms with E-state index in [0.29, 0.717) is 11.4 Å². The molecule has 5 nitrogen and oxygen atoms in total. The van der Waals surface area contributed by atoms with Gasteiger partial charge in [-0.2, -0.15) is 0 Å². The number of rotatable bonds is 12. The Balaban J connectivity index is 1.28. The molecule has 1 aromatic heterocycles. The number of nitrogens with zero attached hydrogens (tertiary/aromatic N) is 3. The molecule has 254 valence electrons. The third-order valence-corrected chi connectivity index (χ3v) is 9.38. The van der Waals surface area contributed by atoms with Crippen molar-refractivity contribution < 1.29 is 10.2 Å². The molecule has 7 rings (SSSR count). The van der Waals surface area contributed by atoms with Crippen molar-refractivity contribution >= 4 is 12.4 Å². The Morgan fingerprint density at radius 3 is 0.923 bits per heavy atom. The molecule has 6 aromatic carbocycles. The van der Waals surface area contributed by atoms with Gasteiger partial charge >= 0.3 is 0 Å². The minimum atomic E-state index is -1.47. The van der Waals surface area contributed by atoms with Crippen LogP contribution in [-0.2, 0) is 11.2 Å². The van der Waals surface area contributed by atoms with Gasteiger partial charge in [-0.3, -0.25) is 9.98 Å². The summed E-state index contributed by atoms with van der Waals surface area (Å²) in [6.45, 7) is 0. The monoisotopic (exact) mass is 677 g/mol. The van der Waals surface area contributed by atoms with E-state index in [1.807, 2.05) is 200 Å². The summed E-state index contributed by atoms with van der Waals surface area (Å²) in [6.07, 6.45) is 3.43. The van der Waals surface area contributed by atoms with E-state index in [-0.39, 0.29) is 0 Å². The minimum absolute atomic E-state index is 0.603. The summed E-state index contributed by atoms with van der Waals surface area (Å²) in [5.41, 5.74) is 2.92. The van der Waals surface area contributed by atoms with E-state index >= 15 is 0 Å². The van der Waals surface area contributed by atoms with Crippen LogP contribution in [0.5, 0.6) is 0 Å². The highest BCUT2D eigenvalue weighted by molar-refractivity contribution is 5.82. The summed E-state index contributed by atoms with van der Waals surface area (Å²) in [7, 11) is 0. The number of hydrogen-bond donors (Lipinski definition) is 2. The lowest BCUT2D eigenvalue weighted by Crippen LogP contribution is -2.34. The second kappa shape index (κ2) is 15.7. The van der Waals surface area contributed by atoms with Crippen LogP contribution >= 0.6 is 0 Å². The van der Waals surface area contributed by atoms with Gasteiger partial charge in [-0.15, -0.1) is 0 Å². The zero-order valence-corrected chi connectivity index (χ0v) is 28.6. The largest absolute Gasteiger partial charge is 0.378 e. The van der Waals surface area contributed by atoms with E-state index in [1.54, 1.807) is 12.4 Å². The van der Waals surface area contributed by atoms with Crippen LogP contribution in [-0.4, -0.2) is 27.6 Å². The van der Waals surface area contributed by atoms with E-state index < -0.39 is 23.3 Å². The fourth-order valence-corrected chi connectivity index (χ4v) is 6.79. The van der Waals surface area contributed by atoms with Crippen molar-refractivity contribution in [3.8, 4) is 0 Å². The molecule has 0 aliphatic heterocycles. The maximum atomic E-state index is 12.7. The molecule has 0 bridgehead atoms. The summed E-state index contributed by atoms with van der Waals surface area (Å²) < 4.78 is 0. The average Bonchev–Trinajstić information content (AvgIpc) is 3.23. The average molecular weight is 678 g/mol. The fraction of sp³-hybridized carbons (Fsp3) is 0.0851. The molecule has 7 aromatic rings. The zero-order chi connectivity index (χ0) is 35.6. The highest BCUT2D eigenvalue weighted by atomic mass is 16.3. The van der Waals surface area contributed by atoms with Crippen LogP contribution in [0.1, 0.15) is 56.9 Å².